The highest BCUT2D eigenvalue weighted by molar-refractivity contribution is 6.07. The Morgan fingerprint density at radius 2 is 1.92 bits per heavy atom. The fourth-order valence-corrected chi connectivity index (χ4v) is 3.49. The van der Waals surface area contributed by atoms with E-state index in [4.69, 9.17) is 0 Å². The van der Waals surface area contributed by atoms with Gasteiger partial charge in [0.25, 0.3) is 0 Å². The Hall–Kier alpha value is -2.95. The van der Waals surface area contributed by atoms with Crippen LogP contribution in [0, 0.1) is 19.7 Å². The highest BCUT2D eigenvalue weighted by atomic mass is 19.1. The number of carbonyl (C=O) groups is 2. The van der Waals surface area contributed by atoms with Gasteiger partial charge in [-0.2, -0.15) is 0 Å². The van der Waals surface area contributed by atoms with Crippen molar-refractivity contribution in [1.82, 2.24) is 0 Å². The van der Waals surface area contributed by atoms with Gasteiger partial charge in [0.2, 0.25) is 5.91 Å². The van der Waals surface area contributed by atoms with Crippen molar-refractivity contribution in [3.8, 4) is 0 Å². The van der Waals surface area contributed by atoms with Crippen LogP contribution in [0.1, 0.15) is 45.5 Å². The smallest absolute Gasteiger partial charge is 0.337 e. The summed E-state index contributed by atoms with van der Waals surface area (Å²) in [6.45, 7) is 4.10. The van der Waals surface area contributed by atoms with Gasteiger partial charge >= 0.3 is 5.97 Å². The zero-order chi connectivity index (χ0) is 18.8. The number of hydrogen-bond acceptors (Lipinski definition) is 2. The van der Waals surface area contributed by atoms with Crippen LogP contribution in [-0.4, -0.2) is 17.0 Å². The molecule has 134 valence electrons. The van der Waals surface area contributed by atoms with Crippen LogP contribution in [0.15, 0.2) is 36.4 Å². The molecule has 0 saturated heterocycles. The summed E-state index contributed by atoms with van der Waals surface area (Å²) >= 11 is 0. The van der Waals surface area contributed by atoms with E-state index in [0.29, 0.717) is 0 Å². The molecule has 5 heteroatoms. The molecule has 3 rings (SSSR count). The molecule has 0 spiro atoms. The predicted octanol–water partition coefficient (Wildman–Crippen LogP) is 4.50. The van der Waals surface area contributed by atoms with Crippen LogP contribution in [0.2, 0.25) is 0 Å². The van der Waals surface area contributed by atoms with Crippen molar-refractivity contribution in [2.75, 3.05) is 5.32 Å². The molecule has 1 amide bonds. The minimum Gasteiger partial charge on any atom is -0.478 e. The molecule has 0 heterocycles. The maximum atomic E-state index is 13.3. The molecule has 4 nitrogen and oxygen atoms in total. The summed E-state index contributed by atoms with van der Waals surface area (Å²) < 4.78 is 13.3. The fraction of sp³-hybridized carbons (Fsp3) is 0.238. The molecule has 2 aromatic carbocycles. The Bertz CT molecular complexity index is 931. The first-order valence-electron chi connectivity index (χ1n) is 8.50. The second-order valence-corrected chi connectivity index (χ2v) is 6.62. The van der Waals surface area contributed by atoms with Crippen LogP contribution in [0.5, 0.6) is 0 Å². The molecule has 0 unspecified atom stereocenters. The summed E-state index contributed by atoms with van der Waals surface area (Å²) in [7, 11) is 0. The minimum atomic E-state index is -1.29. The second-order valence-electron chi connectivity index (χ2n) is 6.62. The third kappa shape index (κ3) is 3.67. The summed E-state index contributed by atoms with van der Waals surface area (Å²) in [5.74, 6) is -2.37. The number of carbonyl (C=O) groups excluding carboxylic acids is 1. The van der Waals surface area contributed by atoms with Gasteiger partial charge in [0.05, 0.1) is 11.3 Å². The number of anilines is 1. The average molecular weight is 353 g/mol. The van der Waals surface area contributed by atoms with Crippen LogP contribution in [0.3, 0.4) is 0 Å². The van der Waals surface area contributed by atoms with Gasteiger partial charge in [0.1, 0.15) is 5.82 Å². The molecule has 2 N–H and O–H groups in total. The third-order valence-electron chi connectivity index (χ3n) is 4.61. The Balaban J connectivity index is 1.91. The Morgan fingerprint density at radius 3 is 2.65 bits per heavy atom. The van der Waals surface area contributed by atoms with Gasteiger partial charge in [-0.15, -0.1) is 0 Å². The van der Waals surface area contributed by atoms with Gasteiger partial charge in [0.15, 0.2) is 0 Å². The highest BCUT2D eigenvalue weighted by Crippen LogP contribution is 2.33. The maximum Gasteiger partial charge on any atom is 0.337 e. The van der Waals surface area contributed by atoms with Gasteiger partial charge in [0, 0.05) is 6.08 Å². The number of halogens is 1. The van der Waals surface area contributed by atoms with E-state index in [-0.39, 0.29) is 11.3 Å². The zero-order valence-electron chi connectivity index (χ0n) is 14.7. The molecule has 0 aromatic heterocycles. The monoisotopic (exact) mass is 353 g/mol. The number of nitrogens with one attached hydrogen (secondary N) is 1. The van der Waals surface area contributed by atoms with E-state index in [9.17, 15) is 19.1 Å². The van der Waals surface area contributed by atoms with Gasteiger partial charge < -0.3 is 10.4 Å². The highest BCUT2D eigenvalue weighted by Gasteiger charge is 2.18. The molecule has 0 bridgehead atoms. The molecule has 0 aliphatic heterocycles. The molecular weight excluding hydrogens is 333 g/mol. The van der Waals surface area contributed by atoms with Crippen molar-refractivity contribution in [3.63, 3.8) is 0 Å². The SMILES string of the molecule is Cc1cc(C)c2c(c1)/C(=C/C(=O)Nc1ccc(F)cc1C(=O)O)CCC2. The van der Waals surface area contributed by atoms with Crippen LogP contribution in [-0.2, 0) is 11.2 Å². The first-order chi connectivity index (χ1) is 12.3. The molecule has 0 saturated carbocycles. The first kappa shape index (κ1) is 17.9. The lowest BCUT2D eigenvalue weighted by molar-refractivity contribution is -0.111. The number of carboxylic acid groups (broad SMARTS) is 1. The van der Waals surface area contributed by atoms with Gasteiger partial charge in [-0.05, 0) is 73.6 Å². The summed E-state index contributed by atoms with van der Waals surface area (Å²) in [6, 6.07) is 7.50. The zero-order valence-corrected chi connectivity index (χ0v) is 14.7. The van der Waals surface area contributed by atoms with Crippen molar-refractivity contribution in [2.45, 2.75) is 33.1 Å². The fourth-order valence-electron chi connectivity index (χ4n) is 3.49. The summed E-state index contributed by atoms with van der Waals surface area (Å²) in [5.41, 5.74) is 5.45. The Kier molecular flexibility index (Phi) is 4.89. The normalized spacial score (nSPS) is 14.8. The number of allylic oxidation sites excluding steroid dienone is 1. The van der Waals surface area contributed by atoms with Crippen molar-refractivity contribution in [2.24, 2.45) is 0 Å². The molecular formula is C21H20FNO3. The average Bonchev–Trinajstić information content (AvgIpc) is 2.57. The lowest BCUT2D eigenvalue weighted by Gasteiger charge is -2.22. The predicted molar refractivity (Wildman–Crippen MR) is 98.8 cm³/mol. The molecule has 1 aliphatic carbocycles. The van der Waals surface area contributed by atoms with Crippen molar-refractivity contribution in [1.29, 1.82) is 0 Å². The number of fused-ring (bicyclic) bond motifs is 1. The number of aromatic carboxylic acids is 1. The molecule has 26 heavy (non-hydrogen) atoms. The summed E-state index contributed by atoms with van der Waals surface area (Å²) in [5, 5.41) is 11.7. The third-order valence-corrected chi connectivity index (χ3v) is 4.61. The van der Waals surface area contributed by atoms with Crippen LogP contribution >= 0.6 is 0 Å². The van der Waals surface area contributed by atoms with Gasteiger partial charge in [-0.25, -0.2) is 9.18 Å². The number of amides is 1. The first-order valence-corrected chi connectivity index (χ1v) is 8.50. The summed E-state index contributed by atoms with van der Waals surface area (Å²) in [6.07, 6.45) is 4.26. The van der Waals surface area contributed by atoms with Crippen LogP contribution in [0.4, 0.5) is 10.1 Å². The van der Waals surface area contributed by atoms with E-state index >= 15 is 0 Å². The number of aryl methyl sites for hydroxylation is 2. The Labute approximate surface area is 151 Å². The van der Waals surface area contributed by atoms with Crippen LogP contribution < -0.4 is 5.32 Å². The van der Waals surface area contributed by atoms with Crippen molar-refractivity contribution in [3.05, 3.63) is 70.0 Å². The Morgan fingerprint density at radius 1 is 1.15 bits per heavy atom. The minimum absolute atomic E-state index is 0.0807. The molecule has 0 fully saturated rings. The van der Waals surface area contributed by atoms with Gasteiger partial charge in [-0.1, -0.05) is 17.7 Å². The number of carboxylic acids is 1. The van der Waals surface area contributed by atoms with Crippen molar-refractivity contribution < 1.29 is 19.1 Å². The standard InChI is InChI=1S/C21H20FNO3/c1-12-8-13(2)16-5-3-4-14(17(16)9-12)10-20(24)23-19-7-6-15(22)11-18(19)21(25)26/h6-11H,3-5H2,1-2H3,(H,23,24)(H,25,26)/b14-10+. The number of hydrogen-bond donors (Lipinski definition) is 2. The van der Waals surface area contributed by atoms with Crippen LogP contribution in [0.25, 0.3) is 5.57 Å². The molecule has 0 atom stereocenters. The van der Waals surface area contributed by atoms with Crippen molar-refractivity contribution >= 4 is 23.1 Å². The van der Waals surface area contributed by atoms with Gasteiger partial charge in [-0.3, -0.25) is 4.79 Å². The van der Waals surface area contributed by atoms with E-state index in [0.717, 1.165) is 48.1 Å². The quantitative estimate of drug-likeness (QED) is 0.799. The topological polar surface area (TPSA) is 66.4 Å². The number of benzene rings is 2. The van der Waals surface area contributed by atoms with E-state index in [2.05, 4.69) is 24.4 Å². The van der Waals surface area contributed by atoms with E-state index < -0.39 is 17.7 Å². The van der Waals surface area contributed by atoms with E-state index in [1.54, 1.807) is 0 Å². The maximum absolute atomic E-state index is 13.3. The second kappa shape index (κ2) is 7.12. The largest absolute Gasteiger partial charge is 0.478 e. The lowest BCUT2D eigenvalue weighted by atomic mass is 9.83. The van der Waals surface area contributed by atoms with E-state index in [1.807, 2.05) is 6.92 Å². The molecule has 1 aliphatic rings. The number of rotatable bonds is 3. The molecule has 2 aromatic rings. The lowest BCUT2D eigenvalue weighted by Crippen LogP contribution is -2.14. The molecule has 0 radical (unpaired) electrons. The summed E-state index contributed by atoms with van der Waals surface area (Å²) in [4.78, 5) is 23.7. The van der Waals surface area contributed by atoms with E-state index in [1.165, 1.54) is 23.3 Å².